The van der Waals surface area contributed by atoms with Gasteiger partial charge >= 0.3 is 6.03 Å². The van der Waals surface area contributed by atoms with E-state index < -0.39 is 40.0 Å². The average molecular weight is 499 g/mol. The maximum absolute atomic E-state index is 13.4. The molecule has 2 aliphatic rings. The van der Waals surface area contributed by atoms with Gasteiger partial charge in [0.2, 0.25) is 15.9 Å². The summed E-state index contributed by atoms with van der Waals surface area (Å²) >= 11 is 0. The van der Waals surface area contributed by atoms with Crippen LogP contribution in [0.15, 0.2) is 47.4 Å². The number of carbonyl (C=O) groups excluding carboxylic acids is 3. The number of benzene rings is 2. The van der Waals surface area contributed by atoms with Crippen LogP contribution in [0.1, 0.15) is 43.4 Å². The summed E-state index contributed by atoms with van der Waals surface area (Å²) in [6.45, 7) is 5.39. The van der Waals surface area contributed by atoms with Gasteiger partial charge in [-0.15, -0.1) is 0 Å². The standard InChI is InChI=1S/C25H30N4O5S/c1-4-28(5-2)35(33,34)21-15-19(13-12-17(21)3)26-22(30)16-29-23(31)25(27-24(29)32)14-8-10-18-9-6-7-11-20(18)25/h6-7,9,11-13,15H,4-5,8,10,14,16H2,1-3H3,(H,26,30)(H,27,32)/t25-/m1/s1. The molecule has 1 aliphatic heterocycles. The Labute approximate surface area is 205 Å². The van der Waals surface area contributed by atoms with E-state index in [-0.39, 0.29) is 10.6 Å². The summed E-state index contributed by atoms with van der Waals surface area (Å²) < 4.78 is 27.3. The molecule has 0 radical (unpaired) electrons. The number of rotatable bonds is 7. The largest absolute Gasteiger partial charge is 0.325 e. The number of nitrogens with zero attached hydrogens (tertiary/aromatic N) is 2. The first kappa shape index (κ1) is 24.9. The van der Waals surface area contributed by atoms with Gasteiger partial charge in [-0.2, -0.15) is 4.31 Å². The third-order valence-electron chi connectivity index (χ3n) is 6.75. The van der Waals surface area contributed by atoms with Gasteiger partial charge in [0.25, 0.3) is 5.91 Å². The van der Waals surface area contributed by atoms with Crippen LogP contribution in [-0.4, -0.2) is 55.1 Å². The minimum atomic E-state index is -3.72. The molecule has 2 N–H and O–H groups in total. The maximum Gasteiger partial charge on any atom is 0.325 e. The van der Waals surface area contributed by atoms with E-state index >= 15 is 0 Å². The van der Waals surface area contributed by atoms with Gasteiger partial charge in [0, 0.05) is 18.8 Å². The summed E-state index contributed by atoms with van der Waals surface area (Å²) in [5.41, 5.74) is 1.47. The number of urea groups is 1. The van der Waals surface area contributed by atoms with Crippen molar-refractivity contribution in [1.29, 1.82) is 0 Å². The molecule has 9 nitrogen and oxygen atoms in total. The zero-order valence-corrected chi connectivity index (χ0v) is 20.9. The normalized spacial score (nSPS) is 19.7. The molecule has 35 heavy (non-hydrogen) atoms. The van der Waals surface area contributed by atoms with E-state index in [0.29, 0.717) is 25.1 Å². The number of sulfonamides is 1. The molecular weight excluding hydrogens is 468 g/mol. The molecule has 2 aromatic rings. The lowest BCUT2D eigenvalue weighted by atomic mass is 9.76. The van der Waals surface area contributed by atoms with Crippen LogP contribution < -0.4 is 10.6 Å². The molecule has 1 aliphatic carbocycles. The van der Waals surface area contributed by atoms with Crippen LogP contribution in [0, 0.1) is 6.92 Å². The second-order valence-electron chi connectivity index (χ2n) is 8.86. The molecule has 0 unspecified atom stereocenters. The fourth-order valence-corrected chi connectivity index (χ4v) is 6.67. The van der Waals surface area contributed by atoms with Crippen molar-refractivity contribution in [2.24, 2.45) is 0 Å². The predicted octanol–water partition coefficient (Wildman–Crippen LogP) is 2.75. The molecule has 2 aromatic carbocycles. The van der Waals surface area contributed by atoms with E-state index in [1.807, 2.05) is 24.3 Å². The molecule has 1 fully saturated rings. The molecular formula is C25H30N4O5S. The highest BCUT2D eigenvalue weighted by atomic mass is 32.2. The number of hydrogen-bond acceptors (Lipinski definition) is 5. The highest BCUT2D eigenvalue weighted by Gasteiger charge is 2.54. The van der Waals surface area contributed by atoms with Crippen LogP contribution in [0.5, 0.6) is 0 Å². The Balaban J connectivity index is 1.53. The lowest BCUT2D eigenvalue weighted by Gasteiger charge is -2.33. The fourth-order valence-electron chi connectivity index (χ4n) is 4.96. The molecule has 186 valence electrons. The Hall–Kier alpha value is -3.24. The van der Waals surface area contributed by atoms with Crippen molar-refractivity contribution in [2.75, 3.05) is 25.0 Å². The Morgan fingerprint density at radius 3 is 2.57 bits per heavy atom. The number of nitrogens with one attached hydrogen (secondary N) is 2. The topological polar surface area (TPSA) is 116 Å². The number of carbonyl (C=O) groups is 3. The predicted molar refractivity (Wildman–Crippen MR) is 131 cm³/mol. The summed E-state index contributed by atoms with van der Waals surface area (Å²) in [6.07, 6.45) is 2.04. The number of amides is 4. The second-order valence-corrected chi connectivity index (χ2v) is 10.8. The van der Waals surface area contributed by atoms with E-state index in [4.69, 9.17) is 0 Å². The van der Waals surface area contributed by atoms with Gasteiger partial charge < -0.3 is 10.6 Å². The van der Waals surface area contributed by atoms with E-state index in [0.717, 1.165) is 28.9 Å². The smallest absolute Gasteiger partial charge is 0.324 e. The zero-order chi connectivity index (χ0) is 25.4. The molecule has 0 saturated carbocycles. The van der Waals surface area contributed by atoms with Crippen molar-refractivity contribution in [3.05, 3.63) is 59.2 Å². The van der Waals surface area contributed by atoms with Crippen molar-refractivity contribution < 1.29 is 22.8 Å². The third-order valence-corrected chi connectivity index (χ3v) is 8.94. The number of hydrogen-bond donors (Lipinski definition) is 2. The number of imide groups is 1. The summed E-state index contributed by atoms with van der Waals surface area (Å²) in [5.74, 6) is -1.04. The highest BCUT2D eigenvalue weighted by molar-refractivity contribution is 7.89. The lowest BCUT2D eigenvalue weighted by molar-refractivity contribution is -0.134. The molecule has 1 spiro atoms. The molecule has 1 heterocycles. The quantitative estimate of drug-likeness (QED) is 0.570. The van der Waals surface area contributed by atoms with Gasteiger partial charge in [-0.1, -0.05) is 44.2 Å². The SMILES string of the molecule is CCN(CC)S(=O)(=O)c1cc(NC(=O)CN2C(=O)N[C@@]3(CCCc4ccccc43)C2=O)ccc1C. The first-order valence-corrected chi connectivity index (χ1v) is 13.2. The van der Waals surface area contributed by atoms with Crippen molar-refractivity contribution in [1.82, 2.24) is 14.5 Å². The molecule has 1 atom stereocenters. The van der Waals surface area contributed by atoms with Crippen LogP contribution in [0.3, 0.4) is 0 Å². The third kappa shape index (κ3) is 4.32. The van der Waals surface area contributed by atoms with E-state index in [2.05, 4.69) is 10.6 Å². The fraction of sp³-hybridized carbons (Fsp3) is 0.400. The van der Waals surface area contributed by atoms with Crippen molar-refractivity contribution >= 4 is 33.6 Å². The summed E-state index contributed by atoms with van der Waals surface area (Å²) in [4.78, 5) is 40.0. The second kappa shape index (κ2) is 9.43. The van der Waals surface area contributed by atoms with Gasteiger partial charge in [0.1, 0.15) is 12.1 Å². The molecule has 10 heteroatoms. The monoisotopic (exact) mass is 498 g/mol. The Morgan fingerprint density at radius 1 is 1.14 bits per heavy atom. The summed E-state index contributed by atoms with van der Waals surface area (Å²) in [5, 5.41) is 5.47. The number of anilines is 1. The molecule has 4 rings (SSSR count). The molecule has 4 amide bonds. The van der Waals surface area contributed by atoms with Gasteiger partial charge in [0.15, 0.2) is 0 Å². The van der Waals surface area contributed by atoms with Crippen molar-refractivity contribution in [3.8, 4) is 0 Å². The Morgan fingerprint density at radius 2 is 1.86 bits per heavy atom. The Bertz CT molecular complexity index is 1290. The van der Waals surface area contributed by atoms with E-state index in [1.165, 1.54) is 10.4 Å². The van der Waals surface area contributed by atoms with Gasteiger partial charge in [0.05, 0.1) is 4.90 Å². The van der Waals surface area contributed by atoms with Gasteiger partial charge in [-0.05, 0) is 55.0 Å². The number of aryl methyl sites for hydroxylation is 2. The van der Waals surface area contributed by atoms with Crippen LogP contribution in [0.25, 0.3) is 0 Å². The van der Waals surface area contributed by atoms with Crippen LogP contribution in [-0.2, 0) is 31.6 Å². The number of fused-ring (bicyclic) bond motifs is 2. The van der Waals surface area contributed by atoms with E-state index in [9.17, 15) is 22.8 Å². The molecule has 0 bridgehead atoms. The first-order valence-electron chi connectivity index (χ1n) is 11.8. The van der Waals surface area contributed by atoms with Crippen LogP contribution in [0.2, 0.25) is 0 Å². The summed E-state index contributed by atoms with van der Waals surface area (Å²) in [6, 6.07) is 11.5. The zero-order valence-electron chi connectivity index (χ0n) is 20.1. The van der Waals surface area contributed by atoms with Crippen LogP contribution in [0.4, 0.5) is 10.5 Å². The maximum atomic E-state index is 13.4. The molecule has 1 saturated heterocycles. The minimum absolute atomic E-state index is 0.103. The average Bonchev–Trinajstić information content (AvgIpc) is 3.05. The van der Waals surface area contributed by atoms with Crippen molar-refractivity contribution in [3.63, 3.8) is 0 Å². The summed E-state index contributed by atoms with van der Waals surface area (Å²) in [7, 11) is -3.72. The van der Waals surface area contributed by atoms with Gasteiger partial charge in [-0.25, -0.2) is 13.2 Å². The van der Waals surface area contributed by atoms with Crippen molar-refractivity contribution in [2.45, 2.75) is 50.5 Å². The minimum Gasteiger partial charge on any atom is -0.324 e. The van der Waals surface area contributed by atoms with Crippen LogP contribution >= 0.6 is 0 Å². The molecule has 0 aromatic heterocycles. The lowest BCUT2D eigenvalue weighted by Crippen LogP contribution is -2.47. The first-order chi connectivity index (χ1) is 16.6. The highest BCUT2D eigenvalue weighted by Crippen LogP contribution is 2.39. The van der Waals surface area contributed by atoms with Gasteiger partial charge in [-0.3, -0.25) is 14.5 Å². The van der Waals surface area contributed by atoms with E-state index in [1.54, 1.807) is 32.9 Å². The Kier molecular flexibility index (Phi) is 6.70.